The van der Waals surface area contributed by atoms with Crippen molar-refractivity contribution in [3.63, 3.8) is 0 Å². The molecule has 0 atom stereocenters. The van der Waals surface area contributed by atoms with E-state index in [9.17, 15) is 31.1 Å². The van der Waals surface area contributed by atoms with E-state index < -0.39 is 23.5 Å². The van der Waals surface area contributed by atoms with Crippen LogP contribution in [-0.4, -0.2) is 66.6 Å². The second kappa shape index (κ2) is 13.2. The van der Waals surface area contributed by atoms with Gasteiger partial charge in [-0.05, 0) is 42.0 Å². The number of aryl methyl sites for hydroxylation is 1. The van der Waals surface area contributed by atoms with E-state index in [4.69, 9.17) is 9.26 Å². The number of benzene rings is 3. The second-order valence-corrected chi connectivity index (χ2v) is 11.9. The van der Waals surface area contributed by atoms with E-state index in [0.29, 0.717) is 55.3 Å². The lowest BCUT2D eigenvalue weighted by molar-refractivity contribution is -0.138. The van der Waals surface area contributed by atoms with Crippen LogP contribution in [0.5, 0.6) is 11.6 Å². The molecule has 0 unspecified atom stereocenters. The second-order valence-electron chi connectivity index (χ2n) is 11.9. The Hall–Kier alpha value is -5.77. The zero-order valence-electron chi connectivity index (χ0n) is 26.7. The van der Waals surface area contributed by atoms with Crippen LogP contribution in [0.1, 0.15) is 27.2 Å². The summed E-state index contributed by atoms with van der Waals surface area (Å²) in [5, 5.41) is 4.64. The maximum absolute atomic E-state index is 13.5. The van der Waals surface area contributed by atoms with Gasteiger partial charge in [-0.2, -0.15) is 31.3 Å². The zero-order valence-corrected chi connectivity index (χ0v) is 26.7. The number of carbonyl (C=O) groups is 1. The van der Waals surface area contributed by atoms with E-state index in [1.54, 1.807) is 40.8 Å². The van der Waals surface area contributed by atoms with E-state index >= 15 is 0 Å². The van der Waals surface area contributed by atoms with E-state index in [0.717, 1.165) is 35.2 Å². The average Bonchev–Trinajstić information content (AvgIpc) is 3.73. The van der Waals surface area contributed by atoms with Crippen LogP contribution >= 0.6 is 0 Å². The van der Waals surface area contributed by atoms with Gasteiger partial charge in [0, 0.05) is 56.8 Å². The van der Waals surface area contributed by atoms with E-state index in [-0.39, 0.29) is 29.2 Å². The van der Waals surface area contributed by atoms with Gasteiger partial charge in [0.1, 0.15) is 17.1 Å². The number of nitrogens with zero attached hydrogens (tertiary/aromatic N) is 7. The van der Waals surface area contributed by atoms with Crippen molar-refractivity contribution in [3.05, 3.63) is 108 Å². The van der Waals surface area contributed by atoms with Crippen LogP contribution in [0.15, 0.2) is 89.7 Å². The van der Waals surface area contributed by atoms with Crippen molar-refractivity contribution < 1.29 is 40.4 Å². The van der Waals surface area contributed by atoms with Crippen LogP contribution in [0, 0.1) is 0 Å². The maximum atomic E-state index is 13.5. The molecule has 1 fully saturated rings. The molecule has 4 heterocycles. The van der Waals surface area contributed by atoms with Crippen molar-refractivity contribution in [2.24, 2.45) is 7.05 Å². The molecule has 6 aromatic rings. The quantitative estimate of drug-likeness (QED) is 0.158. The number of ether oxygens (including phenoxy) is 1. The minimum atomic E-state index is -4.46. The number of halogens is 6. The largest absolute Gasteiger partial charge is 0.437 e. The molecular weight excluding hydrogens is 680 g/mol. The van der Waals surface area contributed by atoms with Crippen LogP contribution in [-0.2, 0) is 25.9 Å². The standard InChI is InChI=1S/C35H27F6N7O3/c1-46-28-17-26(50-30-19-42-27(18-43-30)32-44-31(45-51-32)22-5-8-24(9-6-22)34(36,37)38)10-7-23(28)16-29(46)33(49)48-13-11-47(12-14-48)20-21-3-2-4-25(15-21)35(39,40)41/h2-10,15-19H,11-14,20H2,1H3. The normalized spacial score (nSPS) is 14.3. The Bertz CT molecular complexity index is 2190. The predicted octanol–water partition coefficient (Wildman–Crippen LogP) is 7.47. The fraction of sp³-hybridized carbons (Fsp3) is 0.229. The summed E-state index contributed by atoms with van der Waals surface area (Å²) in [6.07, 6.45) is -6.15. The highest BCUT2D eigenvalue weighted by atomic mass is 19.4. The molecule has 0 radical (unpaired) electrons. The average molecular weight is 708 g/mol. The summed E-state index contributed by atoms with van der Waals surface area (Å²) in [4.78, 5) is 30.0. The number of carbonyl (C=O) groups excluding carboxylic acids is 1. The molecule has 0 aliphatic carbocycles. The molecular formula is C35H27F6N7O3. The predicted molar refractivity (Wildman–Crippen MR) is 171 cm³/mol. The van der Waals surface area contributed by atoms with E-state index in [1.165, 1.54) is 30.6 Å². The van der Waals surface area contributed by atoms with Crippen LogP contribution in [0.25, 0.3) is 33.9 Å². The fourth-order valence-corrected chi connectivity index (χ4v) is 5.81. The Morgan fingerprint density at radius 3 is 2.27 bits per heavy atom. The minimum absolute atomic E-state index is 0.0171. The first-order valence-corrected chi connectivity index (χ1v) is 15.6. The van der Waals surface area contributed by atoms with Gasteiger partial charge in [0.25, 0.3) is 11.8 Å². The molecule has 3 aromatic heterocycles. The lowest BCUT2D eigenvalue weighted by Crippen LogP contribution is -2.48. The highest BCUT2D eigenvalue weighted by Crippen LogP contribution is 2.32. The van der Waals surface area contributed by atoms with Gasteiger partial charge >= 0.3 is 12.4 Å². The third-order valence-electron chi connectivity index (χ3n) is 8.52. The van der Waals surface area contributed by atoms with Crippen molar-refractivity contribution >= 4 is 16.8 Å². The Balaban J connectivity index is 0.977. The van der Waals surface area contributed by atoms with Crippen LogP contribution in [0.2, 0.25) is 0 Å². The van der Waals surface area contributed by atoms with Crippen molar-refractivity contribution in [1.29, 1.82) is 0 Å². The van der Waals surface area contributed by atoms with Gasteiger partial charge in [-0.15, -0.1) is 0 Å². The number of alkyl halides is 6. The van der Waals surface area contributed by atoms with Gasteiger partial charge in [0.05, 0.1) is 29.0 Å². The molecule has 1 aliphatic rings. The number of aromatic nitrogens is 5. The molecule has 1 aliphatic heterocycles. The van der Waals surface area contributed by atoms with Crippen molar-refractivity contribution in [2.45, 2.75) is 18.9 Å². The molecule has 1 amide bonds. The van der Waals surface area contributed by atoms with Crippen LogP contribution < -0.4 is 4.74 Å². The van der Waals surface area contributed by atoms with Gasteiger partial charge < -0.3 is 18.7 Å². The minimum Gasteiger partial charge on any atom is -0.437 e. The summed E-state index contributed by atoms with van der Waals surface area (Å²) in [7, 11) is 1.78. The highest BCUT2D eigenvalue weighted by Gasteiger charge is 2.32. The van der Waals surface area contributed by atoms with Gasteiger partial charge in [0.15, 0.2) is 0 Å². The topological polar surface area (TPSA) is 102 Å². The Morgan fingerprint density at radius 1 is 0.843 bits per heavy atom. The first-order chi connectivity index (χ1) is 24.3. The van der Waals surface area contributed by atoms with Gasteiger partial charge in [-0.3, -0.25) is 9.69 Å². The number of hydrogen-bond donors (Lipinski definition) is 0. The number of amides is 1. The number of fused-ring (bicyclic) bond motifs is 1. The molecule has 10 nitrogen and oxygen atoms in total. The lowest BCUT2D eigenvalue weighted by Gasteiger charge is -2.34. The molecule has 1 saturated heterocycles. The molecule has 51 heavy (non-hydrogen) atoms. The number of rotatable bonds is 7. The van der Waals surface area contributed by atoms with E-state index in [1.807, 2.05) is 11.0 Å². The third kappa shape index (κ3) is 7.26. The van der Waals surface area contributed by atoms with E-state index in [2.05, 4.69) is 20.1 Å². The van der Waals surface area contributed by atoms with Crippen molar-refractivity contribution in [2.75, 3.05) is 26.2 Å². The first kappa shape index (κ1) is 33.7. The zero-order chi connectivity index (χ0) is 35.9. The molecule has 0 spiro atoms. The summed E-state index contributed by atoms with van der Waals surface area (Å²) in [5.74, 6) is 0.553. The number of piperazine rings is 1. The highest BCUT2D eigenvalue weighted by molar-refractivity contribution is 5.99. The van der Waals surface area contributed by atoms with Gasteiger partial charge in [-0.1, -0.05) is 35.5 Å². The molecule has 0 saturated carbocycles. The summed E-state index contributed by atoms with van der Waals surface area (Å²) >= 11 is 0. The summed E-state index contributed by atoms with van der Waals surface area (Å²) in [6.45, 7) is 2.28. The smallest absolute Gasteiger partial charge is 0.416 e. The maximum Gasteiger partial charge on any atom is 0.416 e. The van der Waals surface area contributed by atoms with Crippen LogP contribution in [0.4, 0.5) is 26.3 Å². The Kier molecular flexibility index (Phi) is 8.70. The first-order valence-electron chi connectivity index (χ1n) is 15.6. The van der Waals surface area contributed by atoms with Crippen molar-refractivity contribution in [1.82, 2.24) is 34.5 Å². The summed E-state index contributed by atoms with van der Waals surface area (Å²) in [5.41, 5.74) is 0.881. The molecule has 0 N–H and O–H groups in total. The number of hydrogen-bond acceptors (Lipinski definition) is 8. The lowest BCUT2D eigenvalue weighted by atomic mass is 10.1. The van der Waals surface area contributed by atoms with Crippen LogP contribution in [0.3, 0.4) is 0 Å². The Labute approximate surface area is 285 Å². The molecule has 3 aromatic carbocycles. The molecule has 16 heteroatoms. The molecule has 0 bridgehead atoms. The molecule has 262 valence electrons. The summed E-state index contributed by atoms with van der Waals surface area (Å²) in [6, 6.07) is 16.8. The fourth-order valence-electron chi connectivity index (χ4n) is 5.81. The molecule has 7 rings (SSSR count). The van der Waals surface area contributed by atoms with Crippen molar-refractivity contribution in [3.8, 4) is 34.6 Å². The van der Waals surface area contributed by atoms with Gasteiger partial charge in [-0.25, -0.2) is 9.97 Å². The Morgan fingerprint density at radius 2 is 1.59 bits per heavy atom. The summed E-state index contributed by atoms with van der Waals surface area (Å²) < 4.78 is 90.9. The third-order valence-corrected chi connectivity index (χ3v) is 8.52. The monoisotopic (exact) mass is 707 g/mol. The van der Waals surface area contributed by atoms with Gasteiger partial charge in [0.2, 0.25) is 11.7 Å². The SMILES string of the molecule is Cn1c(C(=O)N2CCN(Cc3cccc(C(F)(F)F)c3)CC2)cc2ccc(Oc3cnc(-c4nc(-c5ccc(C(F)(F)F)cc5)no4)cn3)cc21.